The molecule has 0 bridgehead atoms. The largest absolute Gasteiger partial charge is 0.423 e. The van der Waals surface area contributed by atoms with Gasteiger partial charge in [0.1, 0.15) is 0 Å². The minimum absolute atomic E-state index is 1.05. The van der Waals surface area contributed by atoms with Crippen molar-refractivity contribution in [2.45, 2.75) is 19.5 Å². The third kappa shape index (κ3) is 2.68. The number of hydrogen-bond acceptors (Lipinski definition) is 3. The summed E-state index contributed by atoms with van der Waals surface area (Å²) in [6, 6.07) is 0. The van der Waals surface area contributed by atoms with E-state index in [2.05, 4.69) is 9.03 Å². The van der Waals surface area contributed by atoms with Crippen molar-refractivity contribution in [3.05, 3.63) is 0 Å². The quantitative estimate of drug-likeness (QED) is 0.404. The minimum atomic E-state index is -5.50. The van der Waals surface area contributed by atoms with E-state index in [0.717, 1.165) is 0 Å². The fourth-order valence-corrected chi connectivity index (χ4v) is 7.19. The Morgan fingerprint density at radius 3 is 1.57 bits per heavy atom. The summed E-state index contributed by atoms with van der Waals surface area (Å²) in [6.45, 7) is 2.40. The first kappa shape index (κ1) is 12.4. The molecule has 0 saturated carbocycles. The number of nitrogens with zero attached hydrogens (tertiary/aromatic N) is 3. The first-order chi connectivity index (χ1) is 6.06. The van der Waals surface area contributed by atoms with Gasteiger partial charge in [-0.15, -0.1) is 21.3 Å². The van der Waals surface area contributed by atoms with Crippen LogP contribution in [0.25, 0.3) is 0 Å². The molecule has 1 heterocycles. The van der Waals surface area contributed by atoms with E-state index in [1.807, 2.05) is 4.52 Å². The molecule has 1 aliphatic rings. The van der Waals surface area contributed by atoms with Crippen molar-refractivity contribution in [1.82, 2.24) is 0 Å². The Labute approximate surface area is 78.0 Å². The molecule has 84 valence electrons. The smallest absolute Gasteiger partial charge is 0.183 e. The van der Waals surface area contributed by atoms with Gasteiger partial charge < -0.3 is 0 Å². The van der Waals surface area contributed by atoms with Gasteiger partial charge in [-0.25, -0.2) is 0 Å². The highest BCUT2D eigenvalue weighted by atomic mass is 31.3. The topological polar surface area (TPSA) is 37.1 Å². The van der Waals surface area contributed by atoms with Gasteiger partial charge in [0.25, 0.3) is 7.52 Å². The highest BCUT2D eigenvalue weighted by Gasteiger charge is 2.40. The van der Waals surface area contributed by atoms with Crippen molar-refractivity contribution in [3.8, 4) is 0 Å². The first-order valence-corrected chi connectivity index (χ1v) is 8.06. The third-order valence-electron chi connectivity index (χ3n) is 1.34. The molecule has 0 amide bonds. The van der Waals surface area contributed by atoms with Crippen molar-refractivity contribution < 1.29 is 21.0 Å². The second-order valence-corrected chi connectivity index (χ2v) is 8.98. The fourth-order valence-electron chi connectivity index (χ4n) is 0.692. The average Bonchev–Trinajstić information content (AvgIpc) is 1.76. The molecular formula is C3H7F5N3P3. The van der Waals surface area contributed by atoms with E-state index in [0.29, 0.717) is 0 Å². The van der Waals surface area contributed by atoms with Gasteiger partial charge in [-0.05, 0) is 0 Å². The lowest BCUT2D eigenvalue weighted by Gasteiger charge is -2.19. The van der Waals surface area contributed by atoms with Crippen LogP contribution in [0.3, 0.4) is 0 Å². The maximum Gasteiger partial charge on any atom is 0.423 e. The van der Waals surface area contributed by atoms with E-state index in [9.17, 15) is 21.0 Å². The molecule has 1 unspecified atom stereocenters. The molecule has 11 heteroatoms. The normalized spacial score (nSPS) is 34.3. The highest BCUT2D eigenvalue weighted by molar-refractivity contribution is 7.79. The number of rotatable bonds is 1. The van der Waals surface area contributed by atoms with E-state index in [-0.39, 0.29) is 0 Å². The van der Waals surface area contributed by atoms with Crippen LogP contribution in [-0.2, 0) is 0 Å². The Morgan fingerprint density at radius 2 is 1.21 bits per heavy atom. The Hall–Kier alpha value is 0.340. The molecule has 0 N–H and O–H groups in total. The summed E-state index contributed by atoms with van der Waals surface area (Å²) in [5, 5.41) is 0. The maximum atomic E-state index is 13.5. The lowest BCUT2D eigenvalue weighted by molar-refractivity contribution is 0.694. The zero-order chi connectivity index (χ0) is 11.2. The molecule has 0 aromatic carbocycles. The van der Waals surface area contributed by atoms with Crippen LogP contribution in [0, 0.1) is 0 Å². The van der Waals surface area contributed by atoms with Crippen molar-refractivity contribution in [2.75, 3.05) is 0 Å². The minimum Gasteiger partial charge on any atom is -0.183 e. The average molecular weight is 273 g/mol. The predicted molar refractivity (Wildman–Crippen MR) is 48.7 cm³/mol. The summed E-state index contributed by atoms with van der Waals surface area (Å²) in [7, 11) is -15.4. The summed E-state index contributed by atoms with van der Waals surface area (Å²) >= 11 is 0. The van der Waals surface area contributed by atoms with Gasteiger partial charge in [-0.2, -0.15) is 13.2 Å². The number of halogens is 5. The van der Waals surface area contributed by atoms with Crippen molar-refractivity contribution >= 4 is 23.2 Å². The van der Waals surface area contributed by atoms with Gasteiger partial charge in [-0.3, -0.25) is 0 Å². The van der Waals surface area contributed by atoms with Crippen LogP contribution in [0.2, 0.25) is 0 Å². The monoisotopic (exact) mass is 273 g/mol. The summed E-state index contributed by atoms with van der Waals surface area (Å²) < 4.78 is 70.8. The Balaban J connectivity index is 3.49. The van der Waals surface area contributed by atoms with E-state index in [1.54, 1.807) is 0 Å². The van der Waals surface area contributed by atoms with Gasteiger partial charge in [0.2, 0.25) is 0 Å². The third-order valence-corrected chi connectivity index (χ3v) is 8.10. The molecule has 0 saturated heterocycles. The van der Waals surface area contributed by atoms with E-state index < -0.39 is 28.8 Å². The molecule has 0 aromatic heterocycles. The predicted octanol–water partition coefficient (Wildman–Crippen LogP) is 6.18. The van der Waals surface area contributed by atoms with E-state index in [1.165, 1.54) is 13.8 Å². The van der Waals surface area contributed by atoms with Gasteiger partial charge in [0.05, 0.1) is 0 Å². The number of hydrogen-bond donors (Lipinski definition) is 0. The van der Waals surface area contributed by atoms with Gasteiger partial charge in [0.15, 0.2) is 0 Å². The van der Waals surface area contributed by atoms with Gasteiger partial charge in [0, 0.05) is 5.66 Å². The standard InChI is InChI=1S/C3H7F5N3P3/c1-3(2)12(4)9-13(5,6)11-14(7,8)10-12/h3H,1-2H3. The molecule has 0 aromatic rings. The zero-order valence-electron chi connectivity index (χ0n) is 7.15. The summed E-state index contributed by atoms with van der Waals surface area (Å²) in [5.74, 6) is 0. The highest BCUT2D eigenvalue weighted by Crippen LogP contribution is 2.82. The second-order valence-electron chi connectivity index (χ2n) is 2.84. The molecule has 3 nitrogen and oxygen atoms in total. The van der Waals surface area contributed by atoms with Gasteiger partial charge in [-0.1, -0.05) is 13.8 Å². The van der Waals surface area contributed by atoms with Crippen molar-refractivity contribution in [1.29, 1.82) is 0 Å². The van der Waals surface area contributed by atoms with Crippen LogP contribution in [0.5, 0.6) is 0 Å². The molecular weight excluding hydrogens is 266 g/mol. The van der Waals surface area contributed by atoms with E-state index in [4.69, 9.17) is 0 Å². The fraction of sp³-hybridized carbons (Fsp3) is 1.00. The van der Waals surface area contributed by atoms with Crippen molar-refractivity contribution in [2.24, 2.45) is 13.5 Å². The summed E-state index contributed by atoms with van der Waals surface area (Å²) in [5.41, 5.74) is -1.05. The molecule has 0 spiro atoms. The van der Waals surface area contributed by atoms with Crippen molar-refractivity contribution in [3.63, 3.8) is 0 Å². The van der Waals surface area contributed by atoms with E-state index >= 15 is 0 Å². The van der Waals surface area contributed by atoms with Crippen LogP contribution in [0.15, 0.2) is 13.5 Å². The first-order valence-electron chi connectivity index (χ1n) is 3.46. The molecule has 1 rings (SSSR count). The molecule has 1 atom stereocenters. The van der Waals surface area contributed by atoms with Crippen LogP contribution >= 0.6 is 23.2 Å². The second kappa shape index (κ2) is 3.43. The molecule has 0 aliphatic carbocycles. The SMILES string of the molecule is CC(C)P1(F)=NP(F)(F)=NP(F)(F)=N1. The van der Waals surface area contributed by atoms with Gasteiger partial charge >= 0.3 is 15.7 Å². The van der Waals surface area contributed by atoms with Crippen LogP contribution < -0.4 is 0 Å². The lowest BCUT2D eigenvalue weighted by atomic mass is 10.6. The maximum absolute atomic E-state index is 13.5. The Bertz CT molecular complexity index is 394. The summed E-state index contributed by atoms with van der Waals surface area (Å²) in [6.07, 6.45) is 0. The zero-order valence-corrected chi connectivity index (χ0v) is 9.83. The summed E-state index contributed by atoms with van der Waals surface area (Å²) in [4.78, 5) is 0. The molecule has 0 fully saturated rings. The lowest BCUT2D eigenvalue weighted by Crippen LogP contribution is -1.91. The molecule has 14 heavy (non-hydrogen) atoms. The van der Waals surface area contributed by atoms with Crippen LogP contribution in [-0.4, -0.2) is 5.66 Å². The molecule has 0 radical (unpaired) electrons. The van der Waals surface area contributed by atoms with Crippen LogP contribution in [0.4, 0.5) is 21.0 Å². The Kier molecular flexibility index (Phi) is 3.04. The molecule has 1 aliphatic heterocycles. The Morgan fingerprint density at radius 1 is 0.786 bits per heavy atom. The van der Waals surface area contributed by atoms with Crippen LogP contribution in [0.1, 0.15) is 13.8 Å².